The molecule has 0 nitrogen and oxygen atoms in total. The molecule has 0 N–H and O–H groups in total. The quantitative estimate of drug-likeness (QED) is 0.669. The lowest BCUT2D eigenvalue weighted by molar-refractivity contribution is 0.706. The number of hydrogen-bond donors (Lipinski definition) is 0. The van der Waals surface area contributed by atoms with E-state index >= 15 is 0 Å². The third kappa shape index (κ3) is 3.91. The van der Waals surface area contributed by atoms with Gasteiger partial charge in [0.25, 0.3) is 0 Å². The summed E-state index contributed by atoms with van der Waals surface area (Å²) < 4.78 is 13.7. The van der Waals surface area contributed by atoms with E-state index in [1.165, 1.54) is 6.08 Å². The summed E-state index contributed by atoms with van der Waals surface area (Å²) in [4.78, 5) is 0.884. The molecular weight excluding hydrogens is 255 g/mol. The molecule has 2 rings (SSSR count). The van der Waals surface area contributed by atoms with E-state index in [0.717, 1.165) is 22.2 Å². The molecule has 86 valence electrons. The summed E-state index contributed by atoms with van der Waals surface area (Å²) in [6.07, 6.45) is 1.49. The maximum atomic E-state index is 13.7. The molecular formula is C14H10ClFS. The summed E-state index contributed by atoms with van der Waals surface area (Å²) >= 11 is 6.86. The fraction of sp³-hybridized carbons (Fsp3) is 0. The highest BCUT2D eigenvalue weighted by Crippen LogP contribution is 2.28. The van der Waals surface area contributed by atoms with Crippen molar-refractivity contribution in [3.63, 3.8) is 0 Å². The highest BCUT2D eigenvalue weighted by atomic mass is 35.5. The van der Waals surface area contributed by atoms with Crippen molar-refractivity contribution in [2.75, 3.05) is 0 Å². The van der Waals surface area contributed by atoms with Gasteiger partial charge in [-0.25, -0.2) is 0 Å². The van der Waals surface area contributed by atoms with Crippen LogP contribution in [-0.4, -0.2) is 0 Å². The molecule has 0 fully saturated rings. The fourth-order valence-corrected chi connectivity index (χ4v) is 2.16. The molecule has 0 aliphatic rings. The lowest BCUT2D eigenvalue weighted by atomic mass is 10.2. The fourth-order valence-electron chi connectivity index (χ4n) is 1.32. The number of halogens is 2. The Balaban J connectivity index is 2.09. The first-order valence-electron chi connectivity index (χ1n) is 5.10. The van der Waals surface area contributed by atoms with Crippen LogP contribution < -0.4 is 0 Å². The normalized spacial score (nSPS) is 11.5. The second-order valence-corrected chi connectivity index (χ2v) is 4.92. The van der Waals surface area contributed by atoms with E-state index in [1.807, 2.05) is 30.3 Å². The van der Waals surface area contributed by atoms with Crippen LogP contribution in [0.25, 0.3) is 6.08 Å². The van der Waals surface area contributed by atoms with Crippen molar-refractivity contribution in [1.29, 1.82) is 0 Å². The Morgan fingerprint density at radius 2 is 1.65 bits per heavy atom. The Hall–Kier alpha value is -1.25. The lowest BCUT2D eigenvalue weighted by Crippen LogP contribution is -1.73. The van der Waals surface area contributed by atoms with Crippen molar-refractivity contribution in [3.8, 4) is 0 Å². The van der Waals surface area contributed by atoms with Gasteiger partial charge in [0, 0.05) is 9.92 Å². The first-order valence-corrected chi connectivity index (χ1v) is 6.29. The standard InChI is InChI=1S/C14H10ClFS/c15-12-8-6-11(7-9-12)10-14(16)17-13-4-2-1-3-5-13/h1-10H/b14-10-. The van der Waals surface area contributed by atoms with Gasteiger partial charge in [-0.3, -0.25) is 0 Å². The van der Waals surface area contributed by atoms with E-state index < -0.39 is 0 Å². The van der Waals surface area contributed by atoms with Crippen LogP contribution in [-0.2, 0) is 0 Å². The van der Waals surface area contributed by atoms with E-state index in [9.17, 15) is 4.39 Å². The van der Waals surface area contributed by atoms with Gasteiger partial charge in [0.2, 0.25) is 0 Å². The summed E-state index contributed by atoms with van der Waals surface area (Å²) in [6, 6.07) is 16.5. The van der Waals surface area contributed by atoms with Gasteiger partial charge in [-0.1, -0.05) is 53.7 Å². The molecule has 0 bridgehead atoms. The summed E-state index contributed by atoms with van der Waals surface area (Å²) in [5.74, 6) is 0. The zero-order valence-electron chi connectivity index (χ0n) is 8.94. The Kier molecular flexibility index (Phi) is 4.24. The smallest absolute Gasteiger partial charge is 0.161 e. The molecule has 0 saturated carbocycles. The molecule has 0 spiro atoms. The van der Waals surface area contributed by atoms with Crippen LogP contribution in [0.5, 0.6) is 0 Å². The van der Waals surface area contributed by atoms with Crippen molar-refractivity contribution in [3.05, 3.63) is 70.3 Å². The van der Waals surface area contributed by atoms with Crippen LogP contribution in [0.1, 0.15) is 5.56 Å². The van der Waals surface area contributed by atoms with E-state index in [4.69, 9.17) is 11.6 Å². The molecule has 0 unspecified atom stereocenters. The molecule has 0 amide bonds. The molecule has 0 aliphatic heterocycles. The minimum atomic E-state index is -0.237. The van der Waals surface area contributed by atoms with Gasteiger partial charge in [0.1, 0.15) is 0 Å². The Labute approximate surface area is 109 Å². The van der Waals surface area contributed by atoms with Gasteiger partial charge >= 0.3 is 0 Å². The van der Waals surface area contributed by atoms with Crippen molar-refractivity contribution in [1.82, 2.24) is 0 Å². The molecule has 17 heavy (non-hydrogen) atoms. The minimum absolute atomic E-state index is 0.237. The number of benzene rings is 2. The highest BCUT2D eigenvalue weighted by Gasteiger charge is 1.99. The van der Waals surface area contributed by atoms with Gasteiger partial charge in [-0.15, -0.1) is 0 Å². The number of rotatable bonds is 3. The average molecular weight is 265 g/mol. The van der Waals surface area contributed by atoms with Gasteiger partial charge in [0.05, 0.1) is 0 Å². The topological polar surface area (TPSA) is 0 Å². The molecule has 0 aromatic heterocycles. The van der Waals surface area contributed by atoms with Crippen LogP contribution in [0, 0.1) is 0 Å². The van der Waals surface area contributed by atoms with E-state index in [1.54, 1.807) is 24.3 Å². The molecule has 2 aromatic rings. The lowest BCUT2D eigenvalue weighted by Gasteiger charge is -1.98. The third-order valence-electron chi connectivity index (χ3n) is 2.11. The summed E-state index contributed by atoms with van der Waals surface area (Å²) in [7, 11) is 0. The summed E-state index contributed by atoms with van der Waals surface area (Å²) in [5.41, 5.74) is 0.801. The summed E-state index contributed by atoms with van der Waals surface area (Å²) in [5, 5.41) is 0.414. The monoisotopic (exact) mass is 264 g/mol. The van der Waals surface area contributed by atoms with Crippen LogP contribution in [0.4, 0.5) is 4.39 Å². The van der Waals surface area contributed by atoms with E-state index in [0.29, 0.717) is 5.02 Å². The summed E-state index contributed by atoms with van der Waals surface area (Å²) in [6.45, 7) is 0. The van der Waals surface area contributed by atoms with Gasteiger partial charge in [0.15, 0.2) is 5.16 Å². The van der Waals surface area contributed by atoms with Gasteiger partial charge in [-0.05, 0) is 35.9 Å². The van der Waals surface area contributed by atoms with Crippen LogP contribution in [0.2, 0.25) is 5.02 Å². The van der Waals surface area contributed by atoms with Gasteiger partial charge in [-0.2, -0.15) is 4.39 Å². The van der Waals surface area contributed by atoms with Crippen LogP contribution in [0.3, 0.4) is 0 Å². The maximum Gasteiger partial charge on any atom is 0.161 e. The zero-order valence-corrected chi connectivity index (χ0v) is 10.5. The Morgan fingerprint density at radius 3 is 2.29 bits per heavy atom. The minimum Gasteiger partial charge on any atom is -0.199 e. The van der Waals surface area contributed by atoms with Crippen molar-refractivity contribution in [2.45, 2.75) is 4.90 Å². The highest BCUT2D eigenvalue weighted by molar-refractivity contribution is 8.03. The molecule has 0 saturated heterocycles. The molecule has 3 heteroatoms. The first kappa shape index (κ1) is 12.2. The Morgan fingerprint density at radius 1 is 1.00 bits per heavy atom. The zero-order chi connectivity index (χ0) is 12.1. The van der Waals surface area contributed by atoms with Crippen LogP contribution >= 0.6 is 23.4 Å². The molecule has 0 heterocycles. The predicted molar refractivity (Wildman–Crippen MR) is 72.8 cm³/mol. The maximum absolute atomic E-state index is 13.7. The average Bonchev–Trinajstić information content (AvgIpc) is 2.33. The molecule has 0 aliphatic carbocycles. The van der Waals surface area contributed by atoms with E-state index in [-0.39, 0.29) is 5.16 Å². The number of hydrogen-bond acceptors (Lipinski definition) is 1. The van der Waals surface area contributed by atoms with Gasteiger partial charge < -0.3 is 0 Å². The molecule has 2 aromatic carbocycles. The van der Waals surface area contributed by atoms with Crippen molar-refractivity contribution < 1.29 is 4.39 Å². The SMILES string of the molecule is F/C(=C/c1ccc(Cl)cc1)Sc1ccccc1. The largest absolute Gasteiger partial charge is 0.199 e. The van der Waals surface area contributed by atoms with E-state index in [2.05, 4.69) is 0 Å². The second kappa shape index (κ2) is 5.89. The van der Waals surface area contributed by atoms with Crippen molar-refractivity contribution in [2.24, 2.45) is 0 Å². The molecule has 0 atom stereocenters. The molecule has 0 radical (unpaired) electrons. The first-order chi connectivity index (χ1) is 8.24. The van der Waals surface area contributed by atoms with Crippen LogP contribution in [0.15, 0.2) is 64.7 Å². The second-order valence-electron chi connectivity index (χ2n) is 3.42. The predicted octanol–water partition coefficient (Wildman–Crippen LogP) is 5.40. The Bertz CT molecular complexity index is 506. The van der Waals surface area contributed by atoms with Crippen molar-refractivity contribution >= 4 is 29.4 Å². The third-order valence-corrected chi connectivity index (χ3v) is 3.18. The number of thioether (sulfide) groups is 1.